The van der Waals surface area contributed by atoms with Crippen molar-refractivity contribution in [1.82, 2.24) is 20.1 Å². The molecule has 2 aromatic heterocycles. The standard InChI is InChI=1S/C20H25N5O3/c1-20(2,3)15(11-26)22-19(27)17-14-9-12-5-4-6-13(12)18(14)25(23-17)16-10-24(28)8-7-21-16/h7-8,10,15,26H,4-6,9,11H2,1-3H3,(H,22,27). The Kier molecular flexibility index (Phi) is 4.45. The van der Waals surface area contributed by atoms with Gasteiger partial charge in [-0.1, -0.05) is 26.3 Å². The number of nitrogens with one attached hydrogen (secondary N) is 1. The van der Waals surface area contributed by atoms with Crippen molar-refractivity contribution in [3.8, 4) is 5.82 Å². The number of hydrogen-bond donors (Lipinski definition) is 2. The molecule has 4 rings (SSSR count). The van der Waals surface area contributed by atoms with Gasteiger partial charge in [-0.05, 0) is 36.7 Å². The molecule has 0 saturated heterocycles. The van der Waals surface area contributed by atoms with Crippen LogP contribution in [0.25, 0.3) is 11.4 Å². The van der Waals surface area contributed by atoms with Gasteiger partial charge in [-0.2, -0.15) is 9.83 Å². The number of rotatable bonds is 4. The molecule has 0 radical (unpaired) electrons. The minimum Gasteiger partial charge on any atom is -0.619 e. The molecule has 0 aliphatic heterocycles. The Hall–Kier alpha value is -2.74. The van der Waals surface area contributed by atoms with Crippen molar-refractivity contribution in [3.05, 3.63) is 46.3 Å². The van der Waals surface area contributed by atoms with E-state index in [4.69, 9.17) is 0 Å². The minimum atomic E-state index is -0.388. The zero-order chi connectivity index (χ0) is 20.1. The lowest BCUT2D eigenvalue weighted by atomic mass is 9.87. The van der Waals surface area contributed by atoms with Crippen LogP contribution < -0.4 is 10.0 Å². The van der Waals surface area contributed by atoms with Crippen LogP contribution in [0.4, 0.5) is 0 Å². The van der Waals surface area contributed by atoms with E-state index in [2.05, 4.69) is 15.4 Å². The lowest BCUT2D eigenvalue weighted by Gasteiger charge is -2.29. The summed E-state index contributed by atoms with van der Waals surface area (Å²) in [5.74, 6) is 0.0825. The normalized spacial score (nSPS) is 16.9. The number of carbonyl (C=O) groups excluding carboxylic acids is 1. The highest BCUT2D eigenvalue weighted by Gasteiger charge is 2.36. The summed E-state index contributed by atoms with van der Waals surface area (Å²) in [6.45, 7) is 5.75. The summed E-state index contributed by atoms with van der Waals surface area (Å²) in [7, 11) is 0. The second-order valence-electron chi connectivity index (χ2n) is 8.55. The van der Waals surface area contributed by atoms with Gasteiger partial charge in [-0.15, -0.1) is 0 Å². The molecule has 1 unspecified atom stereocenters. The van der Waals surface area contributed by atoms with Gasteiger partial charge in [-0.3, -0.25) is 4.79 Å². The molecule has 2 aliphatic carbocycles. The second kappa shape index (κ2) is 6.70. The molecule has 1 amide bonds. The van der Waals surface area contributed by atoms with Crippen LogP contribution in [0, 0.1) is 10.6 Å². The van der Waals surface area contributed by atoms with Crippen LogP contribution in [0.2, 0.25) is 0 Å². The Labute approximate surface area is 163 Å². The van der Waals surface area contributed by atoms with Gasteiger partial charge in [0.2, 0.25) is 12.0 Å². The number of amides is 1. The third-order valence-electron chi connectivity index (χ3n) is 5.62. The van der Waals surface area contributed by atoms with Crippen molar-refractivity contribution >= 4 is 11.5 Å². The molecule has 28 heavy (non-hydrogen) atoms. The van der Waals surface area contributed by atoms with Crippen LogP contribution in [-0.4, -0.2) is 38.4 Å². The third-order valence-corrected chi connectivity index (χ3v) is 5.62. The zero-order valence-electron chi connectivity index (χ0n) is 16.4. The summed E-state index contributed by atoms with van der Waals surface area (Å²) in [4.78, 5) is 17.3. The van der Waals surface area contributed by atoms with E-state index in [0.717, 1.165) is 30.5 Å². The number of aliphatic hydroxyl groups excluding tert-OH is 1. The van der Waals surface area contributed by atoms with Crippen LogP contribution >= 0.6 is 0 Å². The smallest absolute Gasteiger partial charge is 0.272 e. The predicted octanol–water partition coefficient (Wildman–Crippen LogP) is 1.53. The molecule has 0 saturated carbocycles. The number of allylic oxidation sites excluding steroid dienone is 2. The third kappa shape index (κ3) is 3.07. The zero-order valence-corrected chi connectivity index (χ0v) is 16.4. The molecule has 8 heteroatoms. The number of carbonyl (C=O) groups is 1. The lowest BCUT2D eigenvalue weighted by molar-refractivity contribution is -0.605. The Morgan fingerprint density at radius 1 is 1.43 bits per heavy atom. The highest BCUT2D eigenvalue weighted by Crippen LogP contribution is 2.44. The maximum atomic E-state index is 13.0. The molecule has 0 bridgehead atoms. The van der Waals surface area contributed by atoms with Crippen LogP contribution in [0.1, 0.15) is 61.8 Å². The molecule has 2 N–H and O–H groups in total. The van der Waals surface area contributed by atoms with E-state index in [1.165, 1.54) is 29.7 Å². The Morgan fingerprint density at radius 2 is 2.21 bits per heavy atom. The first-order valence-electron chi connectivity index (χ1n) is 9.59. The Balaban J connectivity index is 1.77. The topological polar surface area (TPSA) is 107 Å². The van der Waals surface area contributed by atoms with E-state index < -0.39 is 0 Å². The van der Waals surface area contributed by atoms with Gasteiger partial charge < -0.3 is 15.6 Å². The fraction of sp³-hybridized carbons (Fsp3) is 0.500. The van der Waals surface area contributed by atoms with Gasteiger partial charge in [0.05, 0.1) is 24.5 Å². The average Bonchev–Trinajstić information content (AvgIpc) is 3.29. The van der Waals surface area contributed by atoms with Crippen molar-refractivity contribution in [1.29, 1.82) is 0 Å². The predicted molar refractivity (Wildman–Crippen MR) is 103 cm³/mol. The van der Waals surface area contributed by atoms with Gasteiger partial charge >= 0.3 is 0 Å². The first-order valence-corrected chi connectivity index (χ1v) is 9.59. The molecule has 8 nitrogen and oxygen atoms in total. The molecule has 2 heterocycles. The Morgan fingerprint density at radius 3 is 2.89 bits per heavy atom. The molecule has 1 atom stereocenters. The van der Waals surface area contributed by atoms with Crippen molar-refractivity contribution in [2.75, 3.05) is 6.61 Å². The first-order chi connectivity index (χ1) is 13.3. The van der Waals surface area contributed by atoms with Crippen molar-refractivity contribution in [3.63, 3.8) is 0 Å². The minimum absolute atomic E-state index is 0.149. The highest BCUT2D eigenvalue weighted by molar-refractivity contribution is 5.97. The summed E-state index contributed by atoms with van der Waals surface area (Å²) in [6.07, 6.45) is 7.87. The van der Waals surface area contributed by atoms with E-state index in [-0.39, 0.29) is 24.0 Å². The lowest BCUT2D eigenvalue weighted by Crippen LogP contribution is -2.46. The van der Waals surface area contributed by atoms with Crippen LogP contribution in [0.3, 0.4) is 0 Å². The molecule has 0 spiro atoms. The highest BCUT2D eigenvalue weighted by atomic mass is 16.5. The van der Waals surface area contributed by atoms with E-state index in [1.807, 2.05) is 20.8 Å². The maximum Gasteiger partial charge on any atom is 0.272 e. The summed E-state index contributed by atoms with van der Waals surface area (Å²) in [6, 6.07) is -0.388. The van der Waals surface area contributed by atoms with Crippen molar-refractivity contribution in [2.45, 2.75) is 52.5 Å². The van der Waals surface area contributed by atoms with Crippen molar-refractivity contribution in [2.24, 2.45) is 5.41 Å². The number of nitrogens with zero attached hydrogens (tertiary/aromatic N) is 4. The quantitative estimate of drug-likeness (QED) is 0.615. The molecule has 0 aromatic carbocycles. The summed E-state index contributed by atoms with van der Waals surface area (Å²) >= 11 is 0. The van der Waals surface area contributed by atoms with Gasteiger partial charge in [0, 0.05) is 5.56 Å². The second-order valence-corrected chi connectivity index (χ2v) is 8.55. The summed E-state index contributed by atoms with van der Waals surface area (Å²) < 4.78 is 2.30. The molecular weight excluding hydrogens is 358 g/mol. The first kappa shape index (κ1) is 18.6. The van der Waals surface area contributed by atoms with E-state index in [9.17, 15) is 15.1 Å². The number of fused-ring (bicyclic) bond motifs is 2. The average molecular weight is 383 g/mol. The van der Waals surface area contributed by atoms with Gasteiger partial charge in [-0.25, -0.2) is 9.67 Å². The number of hydrogen-bond acceptors (Lipinski definition) is 5. The number of aromatic nitrogens is 4. The number of aliphatic hydroxyl groups is 1. The Bertz CT molecular complexity index is 971. The molecule has 2 aliphatic rings. The molecule has 2 aromatic rings. The largest absolute Gasteiger partial charge is 0.619 e. The monoisotopic (exact) mass is 383 g/mol. The molecular formula is C20H25N5O3. The SMILES string of the molecule is CC(C)(C)C(CO)NC(=O)c1nn(-c2c[n+]([O-])ccn2)c2c1CC1=C2CCC1. The van der Waals surface area contributed by atoms with E-state index >= 15 is 0 Å². The molecule has 0 fully saturated rings. The van der Waals surface area contributed by atoms with E-state index in [0.29, 0.717) is 22.7 Å². The van der Waals surface area contributed by atoms with Crippen LogP contribution in [0.15, 0.2) is 24.2 Å². The van der Waals surface area contributed by atoms with Crippen LogP contribution in [0.5, 0.6) is 0 Å². The van der Waals surface area contributed by atoms with Gasteiger partial charge in [0.15, 0.2) is 11.9 Å². The van der Waals surface area contributed by atoms with Crippen LogP contribution in [-0.2, 0) is 6.42 Å². The fourth-order valence-corrected chi connectivity index (χ4v) is 4.01. The van der Waals surface area contributed by atoms with Crippen molar-refractivity contribution < 1.29 is 14.6 Å². The van der Waals surface area contributed by atoms with E-state index in [1.54, 1.807) is 4.68 Å². The fourth-order valence-electron chi connectivity index (χ4n) is 4.01. The summed E-state index contributed by atoms with van der Waals surface area (Å²) in [5.41, 5.74) is 4.40. The van der Waals surface area contributed by atoms with Gasteiger partial charge in [0.25, 0.3) is 5.91 Å². The maximum absolute atomic E-state index is 13.0. The van der Waals surface area contributed by atoms with Gasteiger partial charge in [0.1, 0.15) is 0 Å². The molecule has 148 valence electrons. The summed E-state index contributed by atoms with van der Waals surface area (Å²) in [5, 5.41) is 28.9.